The van der Waals surface area contributed by atoms with Gasteiger partial charge in [-0.25, -0.2) is 4.79 Å². The molecule has 0 bridgehead atoms. The van der Waals surface area contributed by atoms with Crippen LogP contribution in [0.5, 0.6) is 5.75 Å². The molecule has 0 atom stereocenters. The highest BCUT2D eigenvalue weighted by molar-refractivity contribution is 5.98. The lowest BCUT2D eigenvalue weighted by molar-refractivity contribution is -0.384. The maximum atomic E-state index is 12.2. The summed E-state index contributed by atoms with van der Waals surface area (Å²) in [4.78, 5) is 58.0. The second-order valence-electron chi connectivity index (χ2n) is 6.83. The molecule has 174 valence electrons. The lowest BCUT2D eigenvalue weighted by Crippen LogP contribution is -2.17. The summed E-state index contributed by atoms with van der Waals surface area (Å²) in [6, 6.07) is 14.0. The van der Waals surface area contributed by atoms with Gasteiger partial charge in [-0.3, -0.25) is 24.5 Å². The summed E-state index contributed by atoms with van der Waals surface area (Å²) in [5.74, 6) is -2.24. The molecule has 0 fully saturated rings. The number of nitro groups is 1. The molecule has 1 amide bonds. The SMILES string of the molecule is O=C(CCC(=O)OCC(=O)c1ccc(OC(=O)c2ccco2)cc1)Nc1cccc([N+](=O)[O-])c1. The van der Waals surface area contributed by atoms with Gasteiger partial charge in [0, 0.05) is 29.8 Å². The second-order valence-corrected chi connectivity index (χ2v) is 6.83. The average molecular weight is 466 g/mol. The summed E-state index contributed by atoms with van der Waals surface area (Å²) in [7, 11) is 0. The molecular formula is C23H18N2O9. The number of nitrogens with zero attached hydrogens (tertiary/aromatic N) is 1. The Labute approximate surface area is 192 Å². The molecule has 1 aromatic heterocycles. The number of ether oxygens (including phenoxy) is 2. The van der Waals surface area contributed by atoms with E-state index in [2.05, 4.69) is 5.32 Å². The average Bonchev–Trinajstić information content (AvgIpc) is 3.37. The predicted octanol–water partition coefficient (Wildman–Crippen LogP) is 3.55. The first-order chi connectivity index (χ1) is 16.3. The van der Waals surface area contributed by atoms with E-state index in [1.54, 1.807) is 6.07 Å². The molecule has 1 heterocycles. The zero-order valence-electron chi connectivity index (χ0n) is 17.6. The fourth-order valence-electron chi connectivity index (χ4n) is 2.70. The van der Waals surface area contributed by atoms with Gasteiger partial charge in [0.25, 0.3) is 5.69 Å². The van der Waals surface area contributed by atoms with E-state index >= 15 is 0 Å². The fraction of sp³-hybridized carbons (Fsp3) is 0.130. The highest BCUT2D eigenvalue weighted by Gasteiger charge is 2.15. The van der Waals surface area contributed by atoms with E-state index in [4.69, 9.17) is 13.9 Å². The Bertz CT molecular complexity index is 1200. The summed E-state index contributed by atoms with van der Waals surface area (Å²) in [5.41, 5.74) is 0.273. The van der Waals surface area contributed by atoms with Crippen molar-refractivity contribution in [1.82, 2.24) is 0 Å². The number of hydrogen-bond donors (Lipinski definition) is 1. The molecule has 11 heteroatoms. The van der Waals surface area contributed by atoms with Crippen LogP contribution in [0.15, 0.2) is 71.3 Å². The van der Waals surface area contributed by atoms with Crippen LogP contribution in [0.1, 0.15) is 33.8 Å². The molecule has 0 saturated heterocycles. The molecular weight excluding hydrogens is 448 g/mol. The lowest BCUT2D eigenvalue weighted by Gasteiger charge is -2.07. The van der Waals surface area contributed by atoms with Crippen LogP contribution in [0, 0.1) is 10.1 Å². The van der Waals surface area contributed by atoms with Crippen molar-refractivity contribution in [3.05, 3.63) is 88.4 Å². The van der Waals surface area contributed by atoms with E-state index in [9.17, 15) is 29.3 Å². The Kier molecular flexibility index (Phi) is 7.84. The topological polar surface area (TPSA) is 155 Å². The summed E-state index contributed by atoms with van der Waals surface area (Å²) < 4.78 is 14.9. The molecule has 3 rings (SSSR count). The van der Waals surface area contributed by atoms with Crippen molar-refractivity contribution in [2.75, 3.05) is 11.9 Å². The molecule has 0 aliphatic rings. The van der Waals surface area contributed by atoms with Gasteiger partial charge in [-0.05, 0) is 42.5 Å². The maximum Gasteiger partial charge on any atom is 0.379 e. The van der Waals surface area contributed by atoms with Crippen molar-refractivity contribution in [3.63, 3.8) is 0 Å². The standard InChI is InChI=1S/C23H18N2O9/c26-19(15-6-8-18(9-7-15)34-23(29)20-5-2-12-32-20)14-33-22(28)11-10-21(27)24-16-3-1-4-17(13-16)25(30)31/h1-9,12-13H,10-11,14H2,(H,24,27). The molecule has 0 aliphatic heterocycles. The summed E-state index contributed by atoms with van der Waals surface area (Å²) in [6.07, 6.45) is 0.824. The molecule has 0 spiro atoms. The first kappa shape index (κ1) is 23.9. The number of hydrogen-bond acceptors (Lipinski definition) is 9. The number of Topliss-reactive ketones (excluding diaryl/α,β-unsaturated/α-hetero) is 1. The van der Waals surface area contributed by atoms with E-state index in [0.29, 0.717) is 0 Å². The van der Waals surface area contributed by atoms with Gasteiger partial charge in [0.05, 0.1) is 17.6 Å². The quantitative estimate of drug-likeness (QED) is 0.155. The third kappa shape index (κ3) is 6.85. The van der Waals surface area contributed by atoms with Crippen molar-refractivity contribution >= 4 is 35.0 Å². The third-order valence-electron chi connectivity index (χ3n) is 4.37. The minimum atomic E-state index is -0.758. The van der Waals surface area contributed by atoms with Crippen molar-refractivity contribution in [2.45, 2.75) is 12.8 Å². The number of rotatable bonds is 10. The number of non-ortho nitro benzene ring substituents is 1. The van der Waals surface area contributed by atoms with E-state index in [-0.39, 0.29) is 41.3 Å². The lowest BCUT2D eigenvalue weighted by atomic mass is 10.1. The third-order valence-corrected chi connectivity index (χ3v) is 4.37. The Morgan fingerprint density at radius 2 is 1.74 bits per heavy atom. The molecule has 0 radical (unpaired) electrons. The van der Waals surface area contributed by atoms with Crippen LogP contribution in [0.25, 0.3) is 0 Å². The van der Waals surface area contributed by atoms with Gasteiger partial charge in [-0.15, -0.1) is 0 Å². The van der Waals surface area contributed by atoms with Crippen LogP contribution < -0.4 is 10.1 Å². The summed E-state index contributed by atoms with van der Waals surface area (Å²) in [6.45, 7) is -0.531. The molecule has 0 unspecified atom stereocenters. The number of furan rings is 1. The fourth-order valence-corrected chi connectivity index (χ4v) is 2.70. The predicted molar refractivity (Wildman–Crippen MR) is 116 cm³/mol. The molecule has 1 N–H and O–H groups in total. The number of ketones is 1. The molecule has 0 saturated carbocycles. The van der Waals surface area contributed by atoms with E-state index in [0.717, 1.165) is 0 Å². The van der Waals surface area contributed by atoms with Crippen molar-refractivity contribution < 1.29 is 38.0 Å². The molecule has 34 heavy (non-hydrogen) atoms. The number of carbonyl (C=O) groups excluding carboxylic acids is 4. The molecule has 0 aliphatic carbocycles. The summed E-state index contributed by atoms with van der Waals surface area (Å²) in [5, 5.41) is 13.2. The van der Waals surface area contributed by atoms with Crippen LogP contribution in [-0.4, -0.2) is 35.2 Å². The van der Waals surface area contributed by atoms with Gasteiger partial charge in [0.15, 0.2) is 12.4 Å². The number of benzene rings is 2. The Morgan fingerprint density at radius 1 is 0.971 bits per heavy atom. The van der Waals surface area contributed by atoms with E-state index in [1.165, 1.54) is 60.9 Å². The first-order valence-electron chi connectivity index (χ1n) is 9.90. The first-order valence-corrected chi connectivity index (χ1v) is 9.90. The van der Waals surface area contributed by atoms with Crippen LogP contribution in [0.4, 0.5) is 11.4 Å². The Hall–Kier alpha value is -4.80. The molecule has 3 aromatic rings. The van der Waals surface area contributed by atoms with Crippen LogP contribution >= 0.6 is 0 Å². The second kappa shape index (κ2) is 11.2. The van der Waals surface area contributed by atoms with Gasteiger partial charge in [-0.1, -0.05) is 6.07 Å². The minimum absolute atomic E-state index is 0.0332. The molecule has 2 aromatic carbocycles. The molecule has 11 nitrogen and oxygen atoms in total. The van der Waals surface area contributed by atoms with E-state index in [1.807, 2.05) is 0 Å². The van der Waals surface area contributed by atoms with Gasteiger partial charge in [0.2, 0.25) is 11.7 Å². The highest BCUT2D eigenvalue weighted by atomic mass is 16.6. The number of esters is 2. The van der Waals surface area contributed by atoms with Crippen LogP contribution in [-0.2, 0) is 14.3 Å². The van der Waals surface area contributed by atoms with Crippen LogP contribution in [0.2, 0.25) is 0 Å². The number of nitrogens with one attached hydrogen (secondary N) is 1. The maximum absolute atomic E-state index is 12.2. The number of carbonyl (C=O) groups is 4. The van der Waals surface area contributed by atoms with E-state index < -0.39 is 35.2 Å². The monoisotopic (exact) mass is 466 g/mol. The number of nitro benzene ring substituents is 1. The zero-order valence-corrected chi connectivity index (χ0v) is 17.6. The highest BCUT2D eigenvalue weighted by Crippen LogP contribution is 2.18. The summed E-state index contributed by atoms with van der Waals surface area (Å²) >= 11 is 0. The smallest absolute Gasteiger partial charge is 0.379 e. The zero-order chi connectivity index (χ0) is 24.5. The minimum Gasteiger partial charge on any atom is -0.457 e. The Balaban J connectivity index is 1.40. The van der Waals surface area contributed by atoms with Gasteiger partial charge in [0.1, 0.15) is 5.75 Å². The van der Waals surface area contributed by atoms with Crippen molar-refractivity contribution in [3.8, 4) is 5.75 Å². The largest absolute Gasteiger partial charge is 0.457 e. The van der Waals surface area contributed by atoms with Crippen molar-refractivity contribution in [1.29, 1.82) is 0 Å². The van der Waals surface area contributed by atoms with Gasteiger partial charge < -0.3 is 19.2 Å². The Morgan fingerprint density at radius 3 is 2.41 bits per heavy atom. The van der Waals surface area contributed by atoms with Crippen molar-refractivity contribution in [2.24, 2.45) is 0 Å². The van der Waals surface area contributed by atoms with Gasteiger partial charge in [-0.2, -0.15) is 0 Å². The number of anilines is 1. The number of amides is 1. The van der Waals surface area contributed by atoms with Gasteiger partial charge >= 0.3 is 11.9 Å². The van der Waals surface area contributed by atoms with Crippen LogP contribution in [0.3, 0.4) is 0 Å². The normalized spacial score (nSPS) is 10.2.